The second kappa shape index (κ2) is 7.73. The van der Waals surface area contributed by atoms with E-state index in [4.69, 9.17) is 0 Å². The number of nitrogens with one attached hydrogen (secondary N) is 1. The molecule has 0 spiro atoms. The van der Waals surface area contributed by atoms with Crippen LogP contribution in [0.4, 0.5) is 0 Å². The summed E-state index contributed by atoms with van der Waals surface area (Å²) in [7, 11) is 2.03. The SMILES string of the molecule is CNC(CCN1CCCC(C)(O)CC1)c1ccc(Br)cc1. The summed E-state index contributed by atoms with van der Waals surface area (Å²) in [4.78, 5) is 2.49. The zero-order valence-corrected chi connectivity index (χ0v) is 14.7. The van der Waals surface area contributed by atoms with Crippen molar-refractivity contribution in [3.63, 3.8) is 0 Å². The van der Waals surface area contributed by atoms with E-state index >= 15 is 0 Å². The average molecular weight is 355 g/mol. The second-order valence-corrected chi connectivity index (χ2v) is 7.29. The summed E-state index contributed by atoms with van der Waals surface area (Å²) < 4.78 is 1.12. The molecule has 1 aromatic rings. The normalized spacial score (nSPS) is 25.5. The van der Waals surface area contributed by atoms with Gasteiger partial charge in [0.1, 0.15) is 0 Å². The largest absolute Gasteiger partial charge is 0.390 e. The number of benzene rings is 1. The van der Waals surface area contributed by atoms with Gasteiger partial charge in [-0.05, 0) is 70.4 Å². The van der Waals surface area contributed by atoms with Crippen molar-refractivity contribution >= 4 is 15.9 Å². The van der Waals surface area contributed by atoms with E-state index in [9.17, 15) is 5.11 Å². The van der Waals surface area contributed by atoms with Crippen LogP contribution in [0.25, 0.3) is 0 Å². The summed E-state index contributed by atoms with van der Waals surface area (Å²) in [5.41, 5.74) is 0.866. The van der Waals surface area contributed by atoms with E-state index in [2.05, 4.69) is 50.4 Å². The molecule has 1 saturated heterocycles. The Kier molecular flexibility index (Phi) is 6.23. The van der Waals surface area contributed by atoms with Crippen molar-refractivity contribution in [2.45, 2.75) is 44.2 Å². The van der Waals surface area contributed by atoms with Gasteiger partial charge in [0.05, 0.1) is 5.60 Å². The summed E-state index contributed by atoms with van der Waals surface area (Å²) in [6.45, 7) is 5.16. The first kappa shape index (κ1) is 16.9. The summed E-state index contributed by atoms with van der Waals surface area (Å²) in [5, 5.41) is 13.6. The van der Waals surface area contributed by atoms with Gasteiger partial charge in [-0.3, -0.25) is 0 Å². The lowest BCUT2D eigenvalue weighted by Gasteiger charge is -2.25. The minimum atomic E-state index is -0.469. The van der Waals surface area contributed by atoms with Gasteiger partial charge in [-0.2, -0.15) is 0 Å². The number of hydrogen-bond acceptors (Lipinski definition) is 3. The third-order valence-electron chi connectivity index (χ3n) is 4.51. The monoisotopic (exact) mass is 354 g/mol. The third kappa shape index (κ3) is 5.37. The highest BCUT2D eigenvalue weighted by Gasteiger charge is 2.25. The maximum atomic E-state index is 10.2. The molecule has 0 amide bonds. The number of nitrogens with zero attached hydrogens (tertiary/aromatic N) is 1. The molecule has 1 aromatic carbocycles. The van der Waals surface area contributed by atoms with Crippen molar-refractivity contribution in [1.29, 1.82) is 0 Å². The fraction of sp³-hybridized carbons (Fsp3) is 0.647. The van der Waals surface area contributed by atoms with Crippen molar-refractivity contribution in [2.75, 3.05) is 26.7 Å². The van der Waals surface area contributed by atoms with Crippen LogP contribution in [0.2, 0.25) is 0 Å². The van der Waals surface area contributed by atoms with Gasteiger partial charge >= 0.3 is 0 Å². The molecule has 0 bridgehead atoms. The van der Waals surface area contributed by atoms with Gasteiger partial charge in [0, 0.05) is 17.1 Å². The van der Waals surface area contributed by atoms with E-state index < -0.39 is 5.60 Å². The number of aliphatic hydroxyl groups is 1. The van der Waals surface area contributed by atoms with Crippen LogP contribution in [-0.4, -0.2) is 42.3 Å². The lowest BCUT2D eigenvalue weighted by molar-refractivity contribution is 0.0445. The van der Waals surface area contributed by atoms with E-state index in [0.29, 0.717) is 6.04 Å². The van der Waals surface area contributed by atoms with Gasteiger partial charge in [0.15, 0.2) is 0 Å². The highest BCUT2D eigenvalue weighted by Crippen LogP contribution is 2.23. The third-order valence-corrected chi connectivity index (χ3v) is 5.04. The van der Waals surface area contributed by atoms with E-state index in [1.807, 2.05) is 14.0 Å². The summed E-state index contributed by atoms with van der Waals surface area (Å²) in [6, 6.07) is 8.95. The molecule has 21 heavy (non-hydrogen) atoms. The maximum Gasteiger partial charge on any atom is 0.0632 e. The Labute approximate surface area is 136 Å². The standard InChI is InChI=1S/C17H27BrN2O/c1-17(21)9-3-11-20(13-10-17)12-8-16(19-2)14-4-6-15(18)7-5-14/h4-7,16,19,21H,3,8-13H2,1-2H3. The van der Waals surface area contributed by atoms with Crippen LogP contribution >= 0.6 is 15.9 Å². The number of rotatable bonds is 5. The highest BCUT2D eigenvalue weighted by atomic mass is 79.9. The molecular formula is C17H27BrN2O. The van der Waals surface area contributed by atoms with Crippen molar-refractivity contribution in [2.24, 2.45) is 0 Å². The molecule has 1 aliphatic rings. The minimum absolute atomic E-state index is 0.391. The van der Waals surface area contributed by atoms with Gasteiger partial charge in [-0.1, -0.05) is 28.1 Å². The smallest absolute Gasteiger partial charge is 0.0632 e. The number of hydrogen-bond donors (Lipinski definition) is 2. The molecule has 118 valence electrons. The van der Waals surface area contributed by atoms with E-state index in [1.165, 1.54) is 5.56 Å². The van der Waals surface area contributed by atoms with Crippen LogP contribution < -0.4 is 5.32 Å². The van der Waals surface area contributed by atoms with E-state index in [1.54, 1.807) is 0 Å². The molecule has 2 atom stereocenters. The molecule has 3 nitrogen and oxygen atoms in total. The Balaban J connectivity index is 1.87. The van der Waals surface area contributed by atoms with Crippen LogP contribution in [0.3, 0.4) is 0 Å². The summed E-state index contributed by atoms with van der Waals surface area (Å²) in [6.07, 6.45) is 4.00. The Bertz CT molecular complexity index is 433. The lowest BCUT2D eigenvalue weighted by Crippen LogP contribution is -2.31. The molecule has 1 aliphatic heterocycles. The first-order valence-corrected chi connectivity index (χ1v) is 8.67. The molecular weight excluding hydrogens is 328 g/mol. The fourth-order valence-corrected chi connectivity index (χ4v) is 3.29. The van der Waals surface area contributed by atoms with Crippen LogP contribution in [-0.2, 0) is 0 Å². The topological polar surface area (TPSA) is 35.5 Å². The number of likely N-dealkylation sites (tertiary alicyclic amines) is 1. The van der Waals surface area contributed by atoms with Crippen molar-refractivity contribution in [3.05, 3.63) is 34.3 Å². The molecule has 1 heterocycles. The van der Waals surface area contributed by atoms with E-state index in [0.717, 1.165) is 49.8 Å². The Hall–Kier alpha value is -0.420. The number of halogens is 1. The molecule has 0 saturated carbocycles. The molecule has 2 rings (SSSR count). The first-order chi connectivity index (χ1) is 10.00. The summed E-state index contributed by atoms with van der Waals surface area (Å²) in [5.74, 6) is 0. The molecule has 1 fully saturated rings. The van der Waals surface area contributed by atoms with Gasteiger partial charge in [0.25, 0.3) is 0 Å². The molecule has 0 aliphatic carbocycles. The molecule has 2 N–H and O–H groups in total. The molecule has 4 heteroatoms. The predicted octanol–water partition coefficient (Wildman–Crippen LogP) is 3.34. The average Bonchev–Trinajstić information content (AvgIpc) is 2.62. The zero-order chi connectivity index (χ0) is 15.3. The predicted molar refractivity (Wildman–Crippen MR) is 91.5 cm³/mol. The highest BCUT2D eigenvalue weighted by molar-refractivity contribution is 9.10. The Morgan fingerprint density at radius 3 is 2.67 bits per heavy atom. The quantitative estimate of drug-likeness (QED) is 0.851. The Morgan fingerprint density at radius 2 is 2.00 bits per heavy atom. The molecule has 0 aromatic heterocycles. The molecule has 2 unspecified atom stereocenters. The lowest BCUT2D eigenvalue weighted by atomic mass is 9.98. The van der Waals surface area contributed by atoms with Gasteiger partial charge < -0.3 is 15.3 Å². The fourth-order valence-electron chi connectivity index (χ4n) is 3.03. The van der Waals surface area contributed by atoms with Crippen molar-refractivity contribution in [3.8, 4) is 0 Å². The van der Waals surface area contributed by atoms with Gasteiger partial charge in [-0.15, -0.1) is 0 Å². The van der Waals surface area contributed by atoms with Crippen molar-refractivity contribution in [1.82, 2.24) is 10.2 Å². The van der Waals surface area contributed by atoms with Crippen LogP contribution in [0.15, 0.2) is 28.7 Å². The zero-order valence-electron chi connectivity index (χ0n) is 13.1. The van der Waals surface area contributed by atoms with Crippen molar-refractivity contribution < 1.29 is 5.11 Å². The summed E-state index contributed by atoms with van der Waals surface area (Å²) >= 11 is 3.49. The Morgan fingerprint density at radius 1 is 1.29 bits per heavy atom. The van der Waals surface area contributed by atoms with Crippen LogP contribution in [0, 0.1) is 0 Å². The molecule has 0 radical (unpaired) electrons. The second-order valence-electron chi connectivity index (χ2n) is 6.37. The first-order valence-electron chi connectivity index (χ1n) is 7.88. The van der Waals surface area contributed by atoms with Crippen LogP contribution in [0.1, 0.15) is 44.2 Å². The maximum absolute atomic E-state index is 10.2. The minimum Gasteiger partial charge on any atom is -0.390 e. The van der Waals surface area contributed by atoms with E-state index in [-0.39, 0.29) is 0 Å². The van der Waals surface area contributed by atoms with Gasteiger partial charge in [-0.25, -0.2) is 0 Å². The van der Waals surface area contributed by atoms with Gasteiger partial charge in [0.2, 0.25) is 0 Å². The van der Waals surface area contributed by atoms with Crippen LogP contribution in [0.5, 0.6) is 0 Å².